The predicted octanol–water partition coefficient (Wildman–Crippen LogP) is 1.87. The maximum atomic E-state index is 10.4. The second kappa shape index (κ2) is 5.87. The fourth-order valence-electron chi connectivity index (χ4n) is 2.60. The molecule has 0 unspecified atom stereocenters. The highest BCUT2D eigenvalue weighted by Gasteiger charge is 2.28. The molecule has 2 heterocycles. The Bertz CT molecular complexity index is 579. The second-order valence-electron chi connectivity index (χ2n) is 5.47. The average molecular weight is 272 g/mol. The number of pyridine rings is 1. The van der Waals surface area contributed by atoms with Crippen LogP contribution in [0.2, 0.25) is 0 Å². The molecular weight excluding hydrogens is 252 g/mol. The zero-order valence-electron chi connectivity index (χ0n) is 11.5. The molecule has 4 nitrogen and oxygen atoms in total. The summed E-state index contributed by atoms with van der Waals surface area (Å²) < 4.78 is 5.28. The van der Waals surface area contributed by atoms with Crippen molar-refractivity contribution in [3.63, 3.8) is 0 Å². The van der Waals surface area contributed by atoms with Gasteiger partial charge in [0, 0.05) is 50.7 Å². The molecule has 2 aromatic rings. The van der Waals surface area contributed by atoms with Crippen LogP contribution in [0.3, 0.4) is 0 Å². The Morgan fingerprint density at radius 2 is 2.10 bits per heavy atom. The first-order chi connectivity index (χ1) is 9.75. The number of benzene rings is 1. The van der Waals surface area contributed by atoms with Gasteiger partial charge in [0.05, 0.1) is 11.1 Å². The van der Waals surface area contributed by atoms with Crippen LogP contribution in [0.4, 0.5) is 0 Å². The van der Waals surface area contributed by atoms with Crippen LogP contribution in [-0.2, 0) is 11.3 Å². The summed E-state index contributed by atoms with van der Waals surface area (Å²) in [5.41, 5.74) is 1.61. The molecule has 0 radical (unpaired) electrons. The van der Waals surface area contributed by atoms with Gasteiger partial charge in [0.2, 0.25) is 0 Å². The average Bonchev–Trinajstić information content (AvgIpc) is 2.48. The van der Waals surface area contributed by atoms with Crippen LogP contribution in [-0.4, -0.2) is 35.5 Å². The predicted molar refractivity (Wildman–Crippen MR) is 78.5 cm³/mol. The highest BCUT2D eigenvalue weighted by Crippen LogP contribution is 2.19. The topological polar surface area (TPSA) is 54.4 Å². The van der Waals surface area contributed by atoms with E-state index in [0.29, 0.717) is 32.6 Å². The van der Waals surface area contributed by atoms with Gasteiger partial charge in [0.15, 0.2) is 0 Å². The zero-order valence-corrected chi connectivity index (χ0v) is 11.5. The van der Waals surface area contributed by atoms with Gasteiger partial charge in [0.1, 0.15) is 0 Å². The molecule has 0 amide bonds. The minimum Gasteiger partial charge on any atom is -0.388 e. The maximum Gasteiger partial charge on any atom is 0.0815 e. The summed E-state index contributed by atoms with van der Waals surface area (Å²) in [6.45, 7) is 2.68. The third-order valence-electron chi connectivity index (χ3n) is 3.87. The summed E-state index contributed by atoms with van der Waals surface area (Å²) in [6.07, 6.45) is 3.23. The molecule has 3 rings (SSSR count). The lowest BCUT2D eigenvalue weighted by molar-refractivity contribution is -0.0617. The smallest absolute Gasteiger partial charge is 0.0815 e. The number of aliphatic hydroxyl groups is 1. The van der Waals surface area contributed by atoms with Gasteiger partial charge in [-0.25, -0.2) is 0 Å². The lowest BCUT2D eigenvalue weighted by Gasteiger charge is -2.32. The molecular formula is C16H20N2O2. The maximum absolute atomic E-state index is 10.4. The van der Waals surface area contributed by atoms with Gasteiger partial charge in [0.25, 0.3) is 0 Å². The number of nitrogens with zero attached hydrogens (tertiary/aromatic N) is 1. The molecule has 0 saturated carbocycles. The van der Waals surface area contributed by atoms with E-state index in [4.69, 9.17) is 4.74 Å². The lowest BCUT2D eigenvalue weighted by Crippen LogP contribution is -2.44. The van der Waals surface area contributed by atoms with E-state index >= 15 is 0 Å². The molecule has 1 aromatic carbocycles. The van der Waals surface area contributed by atoms with Gasteiger partial charge in [-0.15, -0.1) is 0 Å². The zero-order chi connectivity index (χ0) is 13.8. The summed E-state index contributed by atoms with van der Waals surface area (Å²) in [6, 6.07) is 10.3. The third-order valence-corrected chi connectivity index (χ3v) is 3.87. The van der Waals surface area contributed by atoms with Crippen molar-refractivity contribution in [2.45, 2.75) is 25.0 Å². The number of rotatable bonds is 4. The van der Waals surface area contributed by atoms with E-state index in [9.17, 15) is 5.11 Å². The number of hydrogen-bond donors (Lipinski definition) is 2. The number of ether oxygens (including phenoxy) is 1. The molecule has 20 heavy (non-hydrogen) atoms. The van der Waals surface area contributed by atoms with Crippen molar-refractivity contribution in [1.29, 1.82) is 0 Å². The summed E-state index contributed by atoms with van der Waals surface area (Å²) >= 11 is 0. The van der Waals surface area contributed by atoms with E-state index < -0.39 is 5.60 Å². The summed E-state index contributed by atoms with van der Waals surface area (Å²) in [4.78, 5) is 4.31. The van der Waals surface area contributed by atoms with E-state index in [2.05, 4.69) is 28.5 Å². The van der Waals surface area contributed by atoms with Gasteiger partial charge < -0.3 is 15.2 Å². The fourth-order valence-corrected chi connectivity index (χ4v) is 2.60. The summed E-state index contributed by atoms with van der Waals surface area (Å²) in [5, 5.41) is 14.9. The number of nitrogens with one attached hydrogen (secondary N) is 1. The Hall–Kier alpha value is -1.49. The molecule has 1 aromatic heterocycles. The first-order valence-electron chi connectivity index (χ1n) is 7.10. The van der Waals surface area contributed by atoms with Crippen molar-refractivity contribution in [3.05, 3.63) is 42.1 Å². The number of hydrogen-bond acceptors (Lipinski definition) is 4. The van der Waals surface area contributed by atoms with Gasteiger partial charge in [-0.3, -0.25) is 4.98 Å². The van der Waals surface area contributed by atoms with Crippen molar-refractivity contribution < 1.29 is 9.84 Å². The molecule has 1 saturated heterocycles. The molecule has 2 N–H and O–H groups in total. The van der Waals surface area contributed by atoms with Crippen molar-refractivity contribution in [3.8, 4) is 0 Å². The molecule has 1 fully saturated rings. The van der Waals surface area contributed by atoms with Gasteiger partial charge >= 0.3 is 0 Å². The first kappa shape index (κ1) is 13.5. The van der Waals surface area contributed by atoms with Crippen molar-refractivity contribution >= 4 is 10.9 Å². The normalized spacial score (nSPS) is 18.2. The third kappa shape index (κ3) is 3.15. The van der Waals surface area contributed by atoms with E-state index in [1.54, 1.807) is 6.20 Å². The quantitative estimate of drug-likeness (QED) is 0.892. The lowest BCUT2D eigenvalue weighted by atomic mass is 9.94. The van der Waals surface area contributed by atoms with Crippen LogP contribution in [0.25, 0.3) is 10.9 Å². The van der Waals surface area contributed by atoms with Crippen molar-refractivity contribution in [2.75, 3.05) is 19.8 Å². The van der Waals surface area contributed by atoms with Gasteiger partial charge in [-0.2, -0.15) is 0 Å². The molecule has 1 aliphatic rings. The fraction of sp³-hybridized carbons (Fsp3) is 0.438. The molecule has 0 spiro atoms. The first-order valence-corrected chi connectivity index (χ1v) is 7.10. The minimum absolute atomic E-state index is 0.613. The highest BCUT2D eigenvalue weighted by atomic mass is 16.5. The largest absolute Gasteiger partial charge is 0.388 e. The Kier molecular flexibility index (Phi) is 3.96. The highest BCUT2D eigenvalue weighted by molar-refractivity contribution is 5.78. The Labute approximate surface area is 118 Å². The number of fused-ring (bicyclic) bond motifs is 1. The standard InChI is InChI=1S/C16H20N2O2/c19-16(5-8-20-9-6-16)12-17-11-13-3-4-15-14(10-13)2-1-7-18-15/h1-4,7,10,17,19H,5-6,8-9,11-12H2. The molecule has 106 valence electrons. The Morgan fingerprint density at radius 3 is 2.95 bits per heavy atom. The van der Waals surface area contributed by atoms with Crippen LogP contribution in [0.15, 0.2) is 36.5 Å². The minimum atomic E-state index is -0.614. The van der Waals surface area contributed by atoms with E-state index in [0.717, 1.165) is 17.4 Å². The van der Waals surface area contributed by atoms with Gasteiger partial charge in [-0.1, -0.05) is 12.1 Å². The van der Waals surface area contributed by atoms with Crippen LogP contribution in [0.1, 0.15) is 18.4 Å². The van der Waals surface area contributed by atoms with Crippen LogP contribution < -0.4 is 5.32 Å². The summed E-state index contributed by atoms with van der Waals surface area (Å²) in [5.74, 6) is 0. The van der Waals surface area contributed by atoms with Crippen LogP contribution in [0.5, 0.6) is 0 Å². The van der Waals surface area contributed by atoms with Crippen molar-refractivity contribution in [1.82, 2.24) is 10.3 Å². The molecule has 0 bridgehead atoms. The van der Waals surface area contributed by atoms with Crippen LogP contribution in [0, 0.1) is 0 Å². The van der Waals surface area contributed by atoms with E-state index in [1.807, 2.05) is 12.1 Å². The molecule has 1 aliphatic heterocycles. The SMILES string of the molecule is OC1(CNCc2ccc3ncccc3c2)CCOCC1. The molecule has 4 heteroatoms. The monoisotopic (exact) mass is 272 g/mol. The van der Waals surface area contributed by atoms with Crippen LogP contribution >= 0.6 is 0 Å². The van der Waals surface area contributed by atoms with Crippen molar-refractivity contribution in [2.24, 2.45) is 0 Å². The Balaban J connectivity index is 1.59. The van der Waals surface area contributed by atoms with E-state index in [1.165, 1.54) is 5.56 Å². The Morgan fingerprint density at radius 1 is 1.25 bits per heavy atom. The second-order valence-corrected chi connectivity index (χ2v) is 5.47. The molecule has 0 atom stereocenters. The van der Waals surface area contributed by atoms with E-state index in [-0.39, 0.29) is 0 Å². The van der Waals surface area contributed by atoms with Gasteiger partial charge in [-0.05, 0) is 23.8 Å². The summed E-state index contributed by atoms with van der Waals surface area (Å²) in [7, 11) is 0. The molecule has 0 aliphatic carbocycles. The number of aromatic nitrogens is 1.